The van der Waals surface area contributed by atoms with Gasteiger partial charge in [0.2, 0.25) is 10.0 Å². The summed E-state index contributed by atoms with van der Waals surface area (Å²) < 4.78 is 26.7. The lowest BCUT2D eigenvalue weighted by Gasteiger charge is -2.18. The van der Waals surface area contributed by atoms with Crippen LogP contribution in [0.25, 0.3) is 0 Å². The molecule has 0 unspecified atom stereocenters. The monoisotopic (exact) mass is 270 g/mol. The SMILES string of the molecule is CCNc1ccc(S(=O)(=O)NCC(C)(C)C)cc1. The van der Waals surface area contributed by atoms with Crippen LogP contribution in [-0.2, 0) is 10.0 Å². The van der Waals surface area contributed by atoms with Crippen LogP contribution in [-0.4, -0.2) is 21.5 Å². The molecule has 4 nitrogen and oxygen atoms in total. The van der Waals surface area contributed by atoms with E-state index in [4.69, 9.17) is 0 Å². The van der Waals surface area contributed by atoms with E-state index < -0.39 is 10.0 Å². The van der Waals surface area contributed by atoms with Crippen molar-refractivity contribution in [1.29, 1.82) is 0 Å². The summed E-state index contributed by atoms with van der Waals surface area (Å²) in [6, 6.07) is 6.77. The number of anilines is 1. The summed E-state index contributed by atoms with van der Waals surface area (Å²) in [7, 11) is -3.40. The lowest BCUT2D eigenvalue weighted by Crippen LogP contribution is -2.32. The van der Waals surface area contributed by atoms with Crippen molar-refractivity contribution < 1.29 is 8.42 Å². The lowest BCUT2D eigenvalue weighted by atomic mass is 9.98. The van der Waals surface area contributed by atoms with E-state index in [1.165, 1.54) is 0 Å². The summed E-state index contributed by atoms with van der Waals surface area (Å²) in [5, 5.41) is 3.13. The molecular formula is C13H22N2O2S. The molecule has 0 saturated carbocycles. The topological polar surface area (TPSA) is 58.2 Å². The molecule has 102 valence electrons. The van der Waals surface area contributed by atoms with E-state index >= 15 is 0 Å². The van der Waals surface area contributed by atoms with Crippen molar-refractivity contribution in [2.45, 2.75) is 32.6 Å². The zero-order chi connectivity index (χ0) is 13.8. The van der Waals surface area contributed by atoms with Crippen molar-refractivity contribution in [2.24, 2.45) is 5.41 Å². The van der Waals surface area contributed by atoms with Gasteiger partial charge in [0.25, 0.3) is 0 Å². The Balaban J connectivity index is 2.79. The van der Waals surface area contributed by atoms with E-state index in [2.05, 4.69) is 10.0 Å². The molecule has 1 aromatic carbocycles. The van der Waals surface area contributed by atoms with Crippen LogP contribution in [0, 0.1) is 5.41 Å². The van der Waals surface area contributed by atoms with E-state index in [9.17, 15) is 8.42 Å². The number of hydrogen-bond acceptors (Lipinski definition) is 3. The Hall–Kier alpha value is -1.07. The number of rotatable bonds is 5. The largest absolute Gasteiger partial charge is 0.385 e. The van der Waals surface area contributed by atoms with Gasteiger partial charge in [0, 0.05) is 18.8 Å². The van der Waals surface area contributed by atoms with E-state index in [0.29, 0.717) is 11.4 Å². The summed E-state index contributed by atoms with van der Waals surface area (Å²) in [4.78, 5) is 0.299. The minimum Gasteiger partial charge on any atom is -0.385 e. The van der Waals surface area contributed by atoms with Gasteiger partial charge in [-0.15, -0.1) is 0 Å². The van der Waals surface area contributed by atoms with E-state index in [1.54, 1.807) is 24.3 Å². The van der Waals surface area contributed by atoms with Crippen molar-refractivity contribution in [3.8, 4) is 0 Å². The first-order chi connectivity index (χ1) is 8.24. The zero-order valence-electron chi connectivity index (χ0n) is 11.4. The highest BCUT2D eigenvalue weighted by Gasteiger charge is 2.18. The first-order valence-electron chi connectivity index (χ1n) is 6.08. The fourth-order valence-corrected chi connectivity index (χ4v) is 2.64. The third kappa shape index (κ3) is 4.66. The van der Waals surface area contributed by atoms with E-state index in [1.807, 2.05) is 27.7 Å². The van der Waals surface area contributed by atoms with Crippen LogP contribution in [0.1, 0.15) is 27.7 Å². The molecule has 0 atom stereocenters. The van der Waals surface area contributed by atoms with Gasteiger partial charge < -0.3 is 5.32 Å². The maximum Gasteiger partial charge on any atom is 0.240 e. The molecular weight excluding hydrogens is 248 g/mol. The quantitative estimate of drug-likeness (QED) is 0.864. The number of hydrogen-bond donors (Lipinski definition) is 2. The second-order valence-corrected chi connectivity index (χ2v) is 7.21. The summed E-state index contributed by atoms with van der Waals surface area (Å²) in [5.41, 5.74) is 0.851. The van der Waals surface area contributed by atoms with Gasteiger partial charge in [-0.05, 0) is 36.6 Å². The Labute approximate surface area is 110 Å². The molecule has 5 heteroatoms. The molecule has 18 heavy (non-hydrogen) atoms. The van der Waals surface area contributed by atoms with Gasteiger partial charge in [0.15, 0.2) is 0 Å². The molecule has 0 spiro atoms. The highest BCUT2D eigenvalue weighted by Crippen LogP contribution is 2.16. The number of sulfonamides is 1. The smallest absolute Gasteiger partial charge is 0.240 e. The molecule has 0 aliphatic carbocycles. The Morgan fingerprint density at radius 1 is 1.11 bits per heavy atom. The van der Waals surface area contributed by atoms with Crippen molar-refractivity contribution >= 4 is 15.7 Å². The van der Waals surface area contributed by atoms with Crippen LogP contribution < -0.4 is 10.0 Å². The third-order valence-electron chi connectivity index (χ3n) is 2.34. The van der Waals surface area contributed by atoms with Crippen LogP contribution in [0.2, 0.25) is 0 Å². The van der Waals surface area contributed by atoms with Gasteiger partial charge in [-0.2, -0.15) is 0 Å². The van der Waals surface area contributed by atoms with Crippen molar-refractivity contribution in [3.63, 3.8) is 0 Å². The van der Waals surface area contributed by atoms with Crippen molar-refractivity contribution in [2.75, 3.05) is 18.4 Å². The molecule has 0 bridgehead atoms. The van der Waals surface area contributed by atoms with Gasteiger partial charge in [-0.25, -0.2) is 13.1 Å². The molecule has 1 rings (SSSR count). The van der Waals surface area contributed by atoms with Gasteiger partial charge in [0.05, 0.1) is 4.90 Å². The molecule has 2 N–H and O–H groups in total. The maximum absolute atomic E-state index is 12.0. The predicted molar refractivity (Wildman–Crippen MR) is 75.2 cm³/mol. The molecule has 0 aliphatic heterocycles. The van der Waals surface area contributed by atoms with E-state index in [-0.39, 0.29) is 5.41 Å². The minimum absolute atomic E-state index is 0.0726. The molecule has 0 saturated heterocycles. The number of nitrogens with one attached hydrogen (secondary N) is 2. The first-order valence-corrected chi connectivity index (χ1v) is 7.56. The molecule has 0 amide bonds. The summed E-state index contributed by atoms with van der Waals surface area (Å²) in [6.45, 7) is 9.20. The van der Waals surface area contributed by atoms with E-state index in [0.717, 1.165) is 12.2 Å². The number of benzene rings is 1. The second kappa shape index (κ2) is 5.71. The summed E-state index contributed by atoms with van der Waals surface area (Å²) >= 11 is 0. The van der Waals surface area contributed by atoms with Gasteiger partial charge in [-0.3, -0.25) is 0 Å². The average molecular weight is 270 g/mol. The van der Waals surface area contributed by atoms with Gasteiger partial charge in [0.1, 0.15) is 0 Å². The predicted octanol–water partition coefficient (Wildman–Crippen LogP) is 2.44. The lowest BCUT2D eigenvalue weighted by molar-refractivity contribution is 0.407. The fourth-order valence-electron chi connectivity index (χ4n) is 1.35. The normalized spacial score (nSPS) is 12.4. The van der Waals surface area contributed by atoms with Gasteiger partial charge >= 0.3 is 0 Å². The fraction of sp³-hybridized carbons (Fsp3) is 0.538. The average Bonchev–Trinajstić information content (AvgIpc) is 2.27. The third-order valence-corrected chi connectivity index (χ3v) is 3.76. The zero-order valence-corrected chi connectivity index (χ0v) is 12.3. The molecule has 0 fully saturated rings. The molecule has 0 aromatic heterocycles. The summed E-state index contributed by atoms with van der Waals surface area (Å²) in [5.74, 6) is 0. The van der Waals surface area contributed by atoms with Crippen molar-refractivity contribution in [3.05, 3.63) is 24.3 Å². The Morgan fingerprint density at radius 3 is 2.11 bits per heavy atom. The molecule has 1 aromatic rings. The second-order valence-electron chi connectivity index (χ2n) is 5.44. The standard InChI is InChI=1S/C13H22N2O2S/c1-5-14-11-6-8-12(9-7-11)18(16,17)15-10-13(2,3)4/h6-9,14-15H,5,10H2,1-4H3. The van der Waals surface area contributed by atoms with Crippen LogP contribution >= 0.6 is 0 Å². The van der Waals surface area contributed by atoms with Crippen LogP contribution in [0.3, 0.4) is 0 Å². The minimum atomic E-state index is -3.40. The first kappa shape index (κ1) is 15.0. The van der Waals surface area contributed by atoms with Gasteiger partial charge in [-0.1, -0.05) is 20.8 Å². The van der Waals surface area contributed by atoms with Crippen LogP contribution in [0.15, 0.2) is 29.2 Å². The van der Waals surface area contributed by atoms with Crippen molar-refractivity contribution in [1.82, 2.24) is 4.72 Å². The summed E-state index contributed by atoms with van der Waals surface area (Å²) in [6.07, 6.45) is 0. The Morgan fingerprint density at radius 2 is 1.67 bits per heavy atom. The molecule has 0 heterocycles. The van der Waals surface area contributed by atoms with Crippen LogP contribution in [0.4, 0.5) is 5.69 Å². The highest BCUT2D eigenvalue weighted by atomic mass is 32.2. The highest BCUT2D eigenvalue weighted by molar-refractivity contribution is 7.89. The molecule has 0 aliphatic rings. The molecule has 0 radical (unpaired) electrons. The van der Waals surface area contributed by atoms with Crippen LogP contribution in [0.5, 0.6) is 0 Å². The maximum atomic E-state index is 12.0. The Kier molecular flexibility index (Phi) is 4.76. The Bertz CT molecular complexity index is 473.